The Kier molecular flexibility index (Phi) is 4.61. The van der Waals surface area contributed by atoms with Gasteiger partial charge in [-0.2, -0.15) is 4.98 Å². The van der Waals surface area contributed by atoms with Gasteiger partial charge in [0.1, 0.15) is 0 Å². The SMILES string of the molecule is COc1cc(C)nc(NC2CCCCC2C(C)C)n1. The number of aryl methyl sites for hydroxylation is 1. The second-order valence-corrected chi connectivity index (χ2v) is 5.82. The minimum atomic E-state index is 0.486. The van der Waals surface area contributed by atoms with Crippen molar-refractivity contribution in [3.8, 4) is 5.88 Å². The Hall–Kier alpha value is -1.32. The van der Waals surface area contributed by atoms with Crippen LogP contribution in [0.15, 0.2) is 6.07 Å². The molecule has 0 saturated heterocycles. The highest BCUT2D eigenvalue weighted by Crippen LogP contribution is 2.31. The molecule has 4 heteroatoms. The Morgan fingerprint density at radius 1 is 1.26 bits per heavy atom. The average molecular weight is 263 g/mol. The summed E-state index contributed by atoms with van der Waals surface area (Å²) in [6.45, 7) is 6.58. The van der Waals surface area contributed by atoms with E-state index in [2.05, 4.69) is 29.1 Å². The lowest BCUT2D eigenvalue weighted by Gasteiger charge is -2.34. The number of hydrogen-bond acceptors (Lipinski definition) is 4. The number of ether oxygens (including phenoxy) is 1. The van der Waals surface area contributed by atoms with Crippen molar-refractivity contribution in [3.63, 3.8) is 0 Å². The Morgan fingerprint density at radius 3 is 2.68 bits per heavy atom. The van der Waals surface area contributed by atoms with Crippen LogP contribution in [0.1, 0.15) is 45.2 Å². The number of nitrogens with one attached hydrogen (secondary N) is 1. The van der Waals surface area contributed by atoms with Crippen LogP contribution < -0.4 is 10.1 Å². The van der Waals surface area contributed by atoms with Gasteiger partial charge in [-0.1, -0.05) is 26.7 Å². The summed E-state index contributed by atoms with van der Waals surface area (Å²) in [5, 5.41) is 3.53. The molecule has 0 spiro atoms. The molecule has 1 heterocycles. The number of anilines is 1. The van der Waals surface area contributed by atoms with Crippen LogP contribution in [0, 0.1) is 18.8 Å². The normalized spacial score (nSPS) is 23.4. The molecule has 106 valence electrons. The molecule has 1 aromatic heterocycles. The highest BCUT2D eigenvalue weighted by Gasteiger charge is 2.28. The maximum Gasteiger partial charge on any atom is 0.226 e. The summed E-state index contributed by atoms with van der Waals surface area (Å²) in [7, 11) is 1.64. The first kappa shape index (κ1) is 14.1. The first-order valence-electron chi connectivity index (χ1n) is 7.26. The molecule has 1 fully saturated rings. The van der Waals surface area contributed by atoms with E-state index >= 15 is 0 Å². The zero-order valence-corrected chi connectivity index (χ0v) is 12.4. The highest BCUT2D eigenvalue weighted by atomic mass is 16.5. The zero-order valence-electron chi connectivity index (χ0n) is 12.4. The first-order valence-corrected chi connectivity index (χ1v) is 7.26. The van der Waals surface area contributed by atoms with E-state index in [0.717, 1.165) is 5.69 Å². The second kappa shape index (κ2) is 6.22. The van der Waals surface area contributed by atoms with Crippen LogP contribution in [0.3, 0.4) is 0 Å². The van der Waals surface area contributed by atoms with Gasteiger partial charge in [-0.15, -0.1) is 0 Å². The molecule has 4 nitrogen and oxygen atoms in total. The molecule has 1 N–H and O–H groups in total. The van der Waals surface area contributed by atoms with Gasteiger partial charge in [0, 0.05) is 17.8 Å². The lowest BCUT2D eigenvalue weighted by Crippen LogP contribution is -2.35. The third-order valence-corrected chi connectivity index (χ3v) is 4.03. The van der Waals surface area contributed by atoms with Crippen LogP contribution in [0.2, 0.25) is 0 Å². The number of nitrogens with zero attached hydrogens (tertiary/aromatic N) is 2. The molecular formula is C15H25N3O. The molecule has 0 amide bonds. The summed E-state index contributed by atoms with van der Waals surface area (Å²) >= 11 is 0. The first-order chi connectivity index (χ1) is 9.10. The average Bonchev–Trinajstić information content (AvgIpc) is 2.38. The molecule has 19 heavy (non-hydrogen) atoms. The predicted molar refractivity (Wildman–Crippen MR) is 77.5 cm³/mol. The minimum Gasteiger partial charge on any atom is -0.481 e. The van der Waals surface area contributed by atoms with E-state index in [4.69, 9.17) is 4.74 Å². The van der Waals surface area contributed by atoms with Crippen LogP contribution in [-0.2, 0) is 0 Å². The molecule has 1 saturated carbocycles. The smallest absolute Gasteiger partial charge is 0.226 e. The van der Waals surface area contributed by atoms with Gasteiger partial charge in [-0.05, 0) is 31.6 Å². The quantitative estimate of drug-likeness (QED) is 0.904. The predicted octanol–water partition coefficient (Wildman–Crippen LogP) is 3.42. The molecule has 0 aliphatic heterocycles. The maximum atomic E-state index is 5.21. The Bertz CT molecular complexity index is 420. The van der Waals surface area contributed by atoms with E-state index in [-0.39, 0.29) is 0 Å². The number of hydrogen-bond donors (Lipinski definition) is 1. The minimum absolute atomic E-state index is 0.486. The molecule has 0 aromatic carbocycles. The van der Waals surface area contributed by atoms with Crippen molar-refractivity contribution in [2.75, 3.05) is 12.4 Å². The third kappa shape index (κ3) is 3.58. The van der Waals surface area contributed by atoms with Crippen molar-refractivity contribution in [2.24, 2.45) is 11.8 Å². The molecule has 0 bridgehead atoms. The van der Waals surface area contributed by atoms with E-state index < -0.39 is 0 Å². The molecule has 2 unspecified atom stereocenters. The fourth-order valence-electron chi connectivity index (χ4n) is 3.01. The zero-order chi connectivity index (χ0) is 13.8. The molecular weight excluding hydrogens is 238 g/mol. The molecule has 1 aliphatic rings. The van der Waals surface area contributed by atoms with Gasteiger partial charge in [-0.25, -0.2) is 4.98 Å². The van der Waals surface area contributed by atoms with Crippen LogP contribution >= 0.6 is 0 Å². The van der Waals surface area contributed by atoms with Gasteiger partial charge in [0.15, 0.2) is 0 Å². The summed E-state index contributed by atoms with van der Waals surface area (Å²) in [5.74, 6) is 2.75. The van der Waals surface area contributed by atoms with Crippen molar-refractivity contribution in [1.82, 2.24) is 9.97 Å². The van der Waals surface area contributed by atoms with Crippen LogP contribution in [0.4, 0.5) is 5.95 Å². The van der Waals surface area contributed by atoms with Crippen LogP contribution in [0.25, 0.3) is 0 Å². The highest BCUT2D eigenvalue weighted by molar-refractivity contribution is 5.32. The van der Waals surface area contributed by atoms with Crippen molar-refractivity contribution in [1.29, 1.82) is 0 Å². The fraction of sp³-hybridized carbons (Fsp3) is 0.733. The summed E-state index contributed by atoms with van der Waals surface area (Å²) in [6, 6.07) is 2.34. The van der Waals surface area contributed by atoms with Gasteiger partial charge >= 0.3 is 0 Å². The Balaban J connectivity index is 2.12. The van der Waals surface area contributed by atoms with Crippen LogP contribution in [-0.4, -0.2) is 23.1 Å². The standard InChI is InChI=1S/C15H25N3O/c1-10(2)12-7-5-6-8-13(12)17-15-16-11(3)9-14(18-15)19-4/h9-10,12-13H,5-8H2,1-4H3,(H,16,17,18). The van der Waals surface area contributed by atoms with Crippen molar-refractivity contribution >= 4 is 5.95 Å². The van der Waals surface area contributed by atoms with E-state index in [1.165, 1.54) is 25.7 Å². The van der Waals surface area contributed by atoms with Crippen molar-refractivity contribution < 1.29 is 4.74 Å². The van der Waals surface area contributed by atoms with E-state index in [1.54, 1.807) is 7.11 Å². The Labute approximate surface area is 116 Å². The van der Waals surface area contributed by atoms with E-state index in [0.29, 0.717) is 29.7 Å². The third-order valence-electron chi connectivity index (χ3n) is 4.03. The van der Waals surface area contributed by atoms with Gasteiger partial charge < -0.3 is 10.1 Å². The fourth-order valence-corrected chi connectivity index (χ4v) is 3.01. The second-order valence-electron chi connectivity index (χ2n) is 5.82. The van der Waals surface area contributed by atoms with Crippen molar-refractivity contribution in [3.05, 3.63) is 11.8 Å². The summed E-state index contributed by atoms with van der Waals surface area (Å²) in [6.07, 6.45) is 5.16. The summed E-state index contributed by atoms with van der Waals surface area (Å²) in [4.78, 5) is 8.86. The van der Waals surface area contributed by atoms with Gasteiger partial charge in [-0.3, -0.25) is 0 Å². The molecule has 2 rings (SSSR count). The number of aromatic nitrogens is 2. The largest absolute Gasteiger partial charge is 0.481 e. The van der Waals surface area contributed by atoms with Gasteiger partial charge in [0.25, 0.3) is 0 Å². The monoisotopic (exact) mass is 263 g/mol. The van der Waals surface area contributed by atoms with E-state index in [1.807, 2.05) is 13.0 Å². The lowest BCUT2D eigenvalue weighted by molar-refractivity contribution is 0.253. The lowest BCUT2D eigenvalue weighted by atomic mass is 9.78. The molecule has 1 aromatic rings. The summed E-state index contributed by atoms with van der Waals surface area (Å²) < 4.78 is 5.21. The van der Waals surface area contributed by atoms with Crippen molar-refractivity contribution in [2.45, 2.75) is 52.5 Å². The van der Waals surface area contributed by atoms with E-state index in [9.17, 15) is 0 Å². The molecule has 2 atom stereocenters. The topological polar surface area (TPSA) is 47.0 Å². The molecule has 1 aliphatic carbocycles. The number of methoxy groups -OCH3 is 1. The maximum absolute atomic E-state index is 5.21. The Morgan fingerprint density at radius 2 is 2.00 bits per heavy atom. The summed E-state index contributed by atoms with van der Waals surface area (Å²) in [5.41, 5.74) is 0.936. The van der Waals surface area contributed by atoms with Gasteiger partial charge in [0.05, 0.1) is 7.11 Å². The van der Waals surface area contributed by atoms with Crippen LogP contribution in [0.5, 0.6) is 5.88 Å². The number of rotatable bonds is 4. The molecule has 0 radical (unpaired) electrons. The van der Waals surface area contributed by atoms with Gasteiger partial charge in [0.2, 0.25) is 11.8 Å².